The van der Waals surface area contributed by atoms with Crippen LogP contribution in [-0.4, -0.2) is 60.0 Å². The highest BCUT2D eigenvalue weighted by Crippen LogP contribution is 2.38. The Bertz CT molecular complexity index is 1020. The van der Waals surface area contributed by atoms with E-state index in [2.05, 4.69) is 52.7 Å². The topological polar surface area (TPSA) is 88.1 Å². The summed E-state index contributed by atoms with van der Waals surface area (Å²) in [4.78, 5) is 26.8. The SMILES string of the molecule is CC(C)(C)OC(=O)N[C@H](C(=O)O)C1CCc2ccc(-c3ccc(CN4CCOCC4)cc3)cc21. The van der Waals surface area contributed by atoms with Crippen molar-refractivity contribution in [2.75, 3.05) is 26.3 Å². The highest BCUT2D eigenvalue weighted by molar-refractivity contribution is 5.81. The largest absolute Gasteiger partial charge is 0.480 e. The van der Waals surface area contributed by atoms with Crippen molar-refractivity contribution in [3.8, 4) is 11.1 Å². The lowest BCUT2D eigenvalue weighted by Gasteiger charge is -2.26. The van der Waals surface area contributed by atoms with E-state index in [9.17, 15) is 14.7 Å². The number of amides is 1. The number of carbonyl (C=O) groups is 2. The highest BCUT2D eigenvalue weighted by atomic mass is 16.6. The molecular formula is C27H34N2O5. The molecule has 1 amide bonds. The minimum Gasteiger partial charge on any atom is -0.480 e. The van der Waals surface area contributed by atoms with Crippen LogP contribution in [0.3, 0.4) is 0 Å². The van der Waals surface area contributed by atoms with Crippen molar-refractivity contribution in [2.24, 2.45) is 0 Å². The Morgan fingerprint density at radius 3 is 2.44 bits per heavy atom. The summed E-state index contributed by atoms with van der Waals surface area (Å²) in [6, 6.07) is 13.8. The molecule has 7 nitrogen and oxygen atoms in total. The predicted octanol–water partition coefficient (Wildman–Crippen LogP) is 4.19. The Morgan fingerprint density at radius 1 is 1.12 bits per heavy atom. The van der Waals surface area contributed by atoms with Crippen molar-refractivity contribution in [2.45, 2.75) is 57.7 Å². The fraction of sp³-hybridized carbons (Fsp3) is 0.481. The van der Waals surface area contributed by atoms with E-state index in [-0.39, 0.29) is 5.92 Å². The Kier molecular flexibility index (Phi) is 7.24. The molecule has 1 aliphatic heterocycles. The molecule has 7 heteroatoms. The zero-order valence-electron chi connectivity index (χ0n) is 20.2. The number of ether oxygens (including phenoxy) is 2. The summed E-state index contributed by atoms with van der Waals surface area (Å²) in [5, 5.41) is 12.5. The Labute approximate surface area is 201 Å². The molecule has 182 valence electrons. The number of carbonyl (C=O) groups excluding carboxylic acids is 1. The summed E-state index contributed by atoms with van der Waals surface area (Å²) in [5.41, 5.74) is 4.82. The standard InChI is InChI=1S/C27H34N2O5/c1-27(2,3)34-26(32)28-24(25(30)31)22-11-10-20-8-9-21(16-23(20)22)19-6-4-18(5-7-19)17-29-12-14-33-15-13-29/h4-9,16,22,24H,10-15,17H2,1-3H3,(H,28,32)(H,30,31)/t22?,24-/m0/s1. The van der Waals surface area contributed by atoms with E-state index in [0.29, 0.717) is 6.42 Å². The van der Waals surface area contributed by atoms with Gasteiger partial charge in [-0.2, -0.15) is 0 Å². The van der Waals surface area contributed by atoms with Crippen molar-refractivity contribution in [1.29, 1.82) is 0 Å². The Morgan fingerprint density at radius 2 is 1.79 bits per heavy atom. The zero-order chi connectivity index (χ0) is 24.3. The second kappa shape index (κ2) is 10.2. The molecule has 2 N–H and O–H groups in total. The number of aliphatic carboxylic acids is 1. The Hall–Kier alpha value is -2.90. The number of hydrogen-bond donors (Lipinski definition) is 2. The number of hydrogen-bond acceptors (Lipinski definition) is 5. The first-order valence-electron chi connectivity index (χ1n) is 11.9. The van der Waals surface area contributed by atoms with E-state index >= 15 is 0 Å². The van der Waals surface area contributed by atoms with Crippen LogP contribution in [0.2, 0.25) is 0 Å². The predicted molar refractivity (Wildman–Crippen MR) is 130 cm³/mol. The second-order valence-electron chi connectivity index (χ2n) is 10.1. The van der Waals surface area contributed by atoms with Crippen LogP contribution in [0.5, 0.6) is 0 Å². The molecular weight excluding hydrogens is 432 g/mol. The minimum atomic E-state index is -1.05. The molecule has 1 saturated heterocycles. The maximum Gasteiger partial charge on any atom is 0.408 e. The van der Waals surface area contributed by atoms with Gasteiger partial charge in [-0.3, -0.25) is 4.90 Å². The van der Waals surface area contributed by atoms with E-state index in [1.165, 1.54) is 5.56 Å². The third-order valence-electron chi connectivity index (χ3n) is 6.41. The lowest BCUT2D eigenvalue weighted by atomic mass is 9.90. The van der Waals surface area contributed by atoms with Gasteiger partial charge < -0.3 is 19.9 Å². The smallest absolute Gasteiger partial charge is 0.408 e. The van der Waals surface area contributed by atoms with Crippen LogP contribution in [0.15, 0.2) is 42.5 Å². The van der Waals surface area contributed by atoms with E-state index in [1.807, 2.05) is 0 Å². The molecule has 2 atom stereocenters. The minimum absolute atomic E-state index is 0.305. The third kappa shape index (κ3) is 5.96. The van der Waals surface area contributed by atoms with Crippen LogP contribution in [0.4, 0.5) is 4.79 Å². The van der Waals surface area contributed by atoms with Gasteiger partial charge in [0.1, 0.15) is 11.6 Å². The molecule has 0 aromatic heterocycles. The number of carboxylic acid groups (broad SMARTS) is 1. The summed E-state index contributed by atoms with van der Waals surface area (Å²) in [6.07, 6.45) is 0.753. The summed E-state index contributed by atoms with van der Waals surface area (Å²) >= 11 is 0. The second-order valence-corrected chi connectivity index (χ2v) is 10.1. The van der Waals surface area contributed by atoms with Crippen LogP contribution >= 0.6 is 0 Å². The molecule has 1 heterocycles. The lowest BCUT2D eigenvalue weighted by molar-refractivity contribution is -0.140. The summed E-state index contributed by atoms with van der Waals surface area (Å²) < 4.78 is 10.7. The number of morpholine rings is 1. The number of nitrogens with zero attached hydrogens (tertiary/aromatic N) is 1. The molecule has 34 heavy (non-hydrogen) atoms. The molecule has 2 aliphatic rings. The molecule has 0 spiro atoms. The van der Waals surface area contributed by atoms with Gasteiger partial charge in [0.25, 0.3) is 0 Å². The first kappa shape index (κ1) is 24.2. The summed E-state index contributed by atoms with van der Waals surface area (Å²) in [7, 11) is 0. The molecule has 4 rings (SSSR count). The van der Waals surface area contributed by atoms with Crippen molar-refractivity contribution < 1.29 is 24.2 Å². The molecule has 0 saturated carbocycles. The molecule has 0 bridgehead atoms. The van der Waals surface area contributed by atoms with E-state index in [4.69, 9.17) is 9.47 Å². The van der Waals surface area contributed by atoms with Crippen molar-refractivity contribution in [1.82, 2.24) is 10.2 Å². The van der Waals surface area contributed by atoms with Crippen molar-refractivity contribution in [3.63, 3.8) is 0 Å². The molecule has 1 aliphatic carbocycles. The number of benzene rings is 2. The van der Waals surface area contributed by atoms with Crippen LogP contribution in [0.25, 0.3) is 11.1 Å². The number of alkyl carbamates (subject to hydrolysis) is 1. The van der Waals surface area contributed by atoms with Gasteiger partial charge in [0.05, 0.1) is 13.2 Å². The maximum atomic E-state index is 12.3. The fourth-order valence-corrected chi connectivity index (χ4v) is 4.75. The highest BCUT2D eigenvalue weighted by Gasteiger charge is 2.36. The first-order valence-corrected chi connectivity index (χ1v) is 11.9. The van der Waals surface area contributed by atoms with Crippen LogP contribution in [0, 0.1) is 0 Å². The van der Waals surface area contributed by atoms with Crippen LogP contribution < -0.4 is 5.32 Å². The van der Waals surface area contributed by atoms with Gasteiger partial charge in [-0.1, -0.05) is 42.5 Å². The number of rotatable bonds is 6. The number of fused-ring (bicyclic) bond motifs is 1. The molecule has 2 aromatic carbocycles. The number of nitrogens with one attached hydrogen (secondary N) is 1. The van der Waals surface area contributed by atoms with Crippen LogP contribution in [-0.2, 0) is 27.2 Å². The van der Waals surface area contributed by atoms with Crippen LogP contribution in [0.1, 0.15) is 49.8 Å². The van der Waals surface area contributed by atoms with E-state index in [1.54, 1.807) is 20.8 Å². The van der Waals surface area contributed by atoms with E-state index < -0.39 is 23.7 Å². The number of aryl methyl sites for hydroxylation is 1. The van der Waals surface area contributed by atoms with Crippen molar-refractivity contribution >= 4 is 12.1 Å². The zero-order valence-corrected chi connectivity index (χ0v) is 20.2. The lowest BCUT2D eigenvalue weighted by Crippen LogP contribution is -2.46. The molecule has 1 unspecified atom stereocenters. The fourth-order valence-electron chi connectivity index (χ4n) is 4.75. The number of carboxylic acids is 1. The van der Waals surface area contributed by atoms with Gasteiger partial charge in [0.15, 0.2) is 0 Å². The third-order valence-corrected chi connectivity index (χ3v) is 6.41. The van der Waals surface area contributed by atoms with Gasteiger partial charge in [0.2, 0.25) is 0 Å². The average Bonchev–Trinajstić information content (AvgIpc) is 3.20. The van der Waals surface area contributed by atoms with Gasteiger partial charge >= 0.3 is 12.1 Å². The summed E-state index contributed by atoms with van der Waals surface area (Å²) in [6.45, 7) is 9.66. The monoisotopic (exact) mass is 466 g/mol. The van der Waals surface area contributed by atoms with Gasteiger partial charge in [-0.05, 0) is 61.4 Å². The quantitative estimate of drug-likeness (QED) is 0.664. The molecule has 2 aromatic rings. The maximum absolute atomic E-state index is 12.3. The van der Waals surface area contributed by atoms with Gasteiger partial charge in [0, 0.05) is 25.6 Å². The van der Waals surface area contributed by atoms with E-state index in [0.717, 1.165) is 61.5 Å². The first-order chi connectivity index (χ1) is 16.2. The normalized spacial score (nSPS) is 19.3. The Balaban J connectivity index is 1.50. The van der Waals surface area contributed by atoms with Crippen molar-refractivity contribution in [3.05, 3.63) is 59.2 Å². The van der Waals surface area contributed by atoms with Gasteiger partial charge in [-0.15, -0.1) is 0 Å². The molecule has 1 fully saturated rings. The molecule has 0 radical (unpaired) electrons. The van der Waals surface area contributed by atoms with Gasteiger partial charge in [-0.25, -0.2) is 9.59 Å². The summed E-state index contributed by atoms with van der Waals surface area (Å²) in [5.74, 6) is -1.36. The average molecular weight is 467 g/mol.